The van der Waals surface area contributed by atoms with Gasteiger partial charge in [-0.1, -0.05) is 19.1 Å². The summed E-state index contributed by atoms with van der Waals surface area (Å²) in [6.45, 7) is 4.51. The molecule has 1 aliphatic carbocycles. The third-order valence-corrected chi connectivity index (χ3v) is 3.28. The summed E-state index contributed by atoms with van der Waals surface area (Å²) in [6, 6.07) is 8.48. The van der Waals surface area contributed by atoms with Crippen LogP contribution in [0.5, 0.6) is 5.75 Å². The maximum atomic E-state index is 5.25. The first-order chi connectivity index (χ1) is 7.85. The molecular formula is C14H21NO. The Balaban J connectivity index is 1.85. The molecule has 2 nitrogen and oxygen atoms in total. The largest absolute Gasteiger partial charge is 0.497 e. The summed E-state index contributed by atoms with van der Waals surface area (Å²) < 4.78 is 5.25. The zero-order valence-corrected chi connectivity index (χ0v) is 10.2. The maximum absolute atomic E-state index is 5.25. The Kier molecular flexibility index (Phi) is 3.83. The van der Waals surface area contributed by atoms with Crippen LogP contribution in [0.2, 0.25) is 0 Å². The first kappa shape index (κ1) is 11.5. The monoisotopic (exact) mass is 219 g/mol. The molecule has 0 heterocycles. The van der Waals surface area contributed by atoms with Gasteiger partial charge in [-0.25, -0.2) is 0 Å². The summed E-state index contributed by atoms with van der Waals surface area (Å²) in [7, 11) is 1.73. The number of hydrogen-bond donors (Lipinski definition) is 1. The zero-order chi connectivity index (χ0) is 11.4. The van der Waals surface area contributed by atoms with E-state index in [9.17, 15) is 0 Å². The Labute approximate surface area is 98.0 Å². The molecule has 2 heteroatoms. The molecule has 2 unspecified atom stereocenters. The summed E-state index contributed by atoms with van der Waals surface area (Å²) in [5.74, 6) is 2.56. The van der Waals surface area contributed by atoms with E-state index in [-0.39, 0.29) is 0 Å². The molecule has 0 bridgehead atoms. The second kappa shape index (κ2) is 5.35. The smallest absolute Gasteiger partial charge is 0.119 e. The van der Waals surface area contributed by atoms with E-state index in [1.165, 1.54) is 18.4 Å². The second-order valence-electron chi connectivity index (χ2n) is 4.58. The second-order valence-corrected chi connectivity index (χ2v) is 4.58. The molecule has 0 aromatic heterocycles. The summed E-state index contributed by atoms with van der Waals surface area (Å²) >= 11 is 0. The molecule has 1 aliphatic rings. The van der Waals surface area contributed by atoms with E-state index in [1.807, 2.05) is 6.07 Å². The fraction of sp³-hybridized carbons (Fsp3) is 0.571. The fourth-order valence-electron chi connectivity index (χ4n) is 2.22. The lowest BCUT2D eigenvalue weighted by molar-refractivity contribution is 0.414. The highest BCUT2D eigenvalue weighted by atomic mass is 16.5. The zero-order valence-electron chi connectivity index (χ0n) is 10.2. The third kappa shape index (κ3) is 2.76. The van der Waals surface area contributed by atoms with Crippen LogP contribution in [-0.4, -0.2) is 20.2 Å². The average molecular weight is 219 g/mol. The van der Waals surface area contributed by atoms with Crippen molar-refractivity contribution in [2.24, 2.45) is 5.92 Å². The molecule has 0 radical (unpaired) electrons. The van der Waals surface area contributed by atoms with E-state index in [1.54, 1.807) is 7.11 Å². The van der Waals surface area contributed by atoms with Gasteiger partial charge in [0.2, 0.25) is 0 Å². The SMILES string of the molecule is CCCNCC1CC1c1cccc(OC)c1. The van der Waals surface area contributed by atoms with Crippen LogP contribution in [0, 0.1) is 5.92 Å². The van der Waals surface area contributed by atoms with Crippen molar-refractivity contribution >= 4 is 0 Å². The van der Waals surface area contributed by atoms with Crippen molar-refractivity contribution in [3.8, 4) is 5.75 Å². The molecular weight excluding hydrogens is 198 g/mol. The highest BCUT2D eigenvalue weighted by Gasteiger charge is 2.37. The van der Waals surface area contributed by atoms with Crippen LogP contribution < -0.4 is 10.1 Å². The van der Waals surface area contributed by atoms with E-state index in [0.29, 0.717) is 0 Å². The van der Waals surface area contributed by atoms with Gasteiger partial charge in [-0.05, 0) is 55.5 Å². The van der Waals surface area contributed by atoms with Gasteiger partial charge in [0.15, 0.2) is 0 Å². The number of benzene rings is 1. The molecule has 0 aliphatic heterocycles. The molecule has 88 valence electrons. The molecule has 1 N–H and O–H groups in total. The van der Waals surface area contributed by atoms with E-state index in [4.69, 9.17) is 4.74 Å². The van der Waals surface area contributed by atoms with Gasteiger partial charge in [-0.2, -0.15) is 0 Å². The number of nitrogens with one attached hydrogen (secondary N) is 1. The van der Waals surface area contributed by atoms with Gasteiger partial charge < -0.3 is 10.1 Å². The van der Waals surface area contributed by atoms with E-state index >= 15 is 0 Å². The highest BCUT2D eigenvalue weighted by Crippen LogP contribution is 2.47. The summed E-state index contributed by atoms with van der Waals surface area (Å²) in [5, 5.41) is 3.49. The van der Waals surface area contributed by atoms with Crippen molar-refractivity contribution in [1.82, 2.24) is 5.32 Å². The number of hydrogen-bond acceptors (Lipinski definition) is 2. The Morgan fingerprint density at radius 2 is 2.31 bits per heavy atom. The molecule has 1 fully saturated rings. The van der Waals surface area contributed by atoms with Crippen molar-refractivity contribution in [2.45, 2.75) is 25.7 Å². The quantitative estimate of drug-likeness (QED) is 0.743. The minimum Gasteiger partial charge on any atom is -0.497 e. The van der Waals surface area contributed by atoms with Crippen molar-refractivity contribution in [1.29, 1.82) is 0 Å². The minimum absolute atomic E-state index is 0.749. The molecule has 2 atom stereocenters. The molecule has 2 rings (SSSR count). The molecule has 1 aromatic carbocycles. The lowest BCUT2D eigenvalue weighted by atomic mass is 10.1. The Morgan fingerprint density at radius 1 is 1.44 bits per heavy atom. The third-order valence-electron chi connectivity index (χ3n) is 3.28. The van der Waals surface area contributed by atoms with Crippen LogP contribution in [0.15, 0.2) is 24.3 Å². The predicted octanol–water partition coefficient (Wildman–Crippen LogP) is 2.80. The van der Waals surface area contributed by atoms with Crippen LogP contribution in [-0.2, 0) is 0 Å². The lowest BCUT2D eigenvalue weighted by Gasteiger charge is -2.04. The topological polar surface area (TPSA) is 21.3 Å². The van der Waals surface area contributed by atoms with E-state index in [0.717, 1.165) is 30.7 Å². The van der Waals surface area contributed by atoms with Gasteiger partial charge in [-0.3, -0.25) is 0 Å². The van der Waals surface area contributed by atoms with Crippen molar-refractivity contribution in [2.75, 3.05) is 20.2 Å². The Bertz CT molecular complexity index is 337. The van der Waals surface area contributed by atoms with Gasteiger partial charge in [0.05, 0.1) is 7.11 Å². The molecule has 0 spiro atoms. The standard InChI is InChI=1S/C14H21NO/c1-3-7-15-10-12-9-14(12)11-5-4-6-13(8-11)16-2/h4-6,8,12,14-15H,3,7,9-10H2,1-2H3. The van der Waals surface area contributed by atoms with Crippen molar-refractivity contribution in [3.05, 3.63) is 29.8 Å². The molecule has 1 saturated carbocycles. The van der Waals surface area contributed by atoms with E-state index in [2.05, 4.69) is 30.4 Å². The first-order valence-corrected chi connectivity index (χ1v) is 6.19. The normalized spacial score (nSPS) is 23.1. The fourth-order valence-corrected chi connectivity index (χ4v) is 2.22. The molecule has 0 saturated heterocycles. The van der Waals surface area contributed by atoms with Gasteiger partial charge in [0, 0.05) is 0 Å². The van der Waals surface area contributed by atoms with Crippen LogP contribution in [0.25, 0.3) is 0 Å². The van der Waals surface area contributed by atoms with Crippen LogP contribution in [0.4, 0.5) is 0 Å². The van der Waals surface area contributed by atoms with Crippen molar-refractivity contribution < 1.29 is 4.74 Å². The average Bonchev–Trinajstić information content (AvgIpc) is 3.09. The summed E-state index contributed by atoms with van der Waals surface area (Å²) in [4.78, 5) is 0. The first-order valence-electron chi connectivity index (χ1n) is 6.19. The van der Waals surface area contributed by atoms with Crippen LogP contribution in [0.1, 0.15) is 31.2 Å². The molecule has 1 aromatic rings. The predicted molar refractivity (Wildman–Crippen MR) is 67.0 cm³/mol. The maximum Gasteiger partial charge on any atom is 0.119 e. The lowest BCUT2D eigenvalue weighted by Crippen LogP contribution is -2.17. The van der Waals surface area contributed by atoms with Gasteiger partial charge in [0.25, 0.3) is 0 Å². The highest BCUT2D eigenvalue weighted by molar-refractivity contribution is 5.34. The Morgan fingerprint density at radius 3 is 3.06 bits per heavy atom. The van der Waals surface area contributed by atoms with E-state index < -0.39 is 0 Å². The number of methoxy groups -OCH3 is 1. The number of ether oxygens (including phenoxy) is 1. The molecule has 16 heavy (non-hydrogen) atoms. The van der Waals surface area contributed by atoms with Crippen LogP contribution in [0.3, 0.4) is 0 Å². The van der Waals surface area contributed by atoms with Crippen molar-refractivity contribution in [3.63, 3.8) is 0 Å². The summed E-state index contributed by atoms with van der Waals surface area (Å²) in [6.07, 6.45) is 2.54. The van der Waals surface area contributed by atoms with Gasteiger partial charge in [-0.15, -0.1) is 0 Å². The van der Waals surface area contributed by atoms with Gasteiger partial charge >= 0.3 is 0 Å². The minimum atomic E-state index is 0.749. The molecule has 0 amide bonds. The summed E-state index contributed by atoms with van der Waals surface area (Å²) in [5.41, 5.74) is 1.43. The Hall–Kier alpha value is -1.02. The van der Waals surface area contributed by atoms with Crippen LogP contribution >= 0.6 is 0 Å². The van der Waals surface area contributed by atoms with Gasteiger partial charge in [0.1, 0.15) is 5.75 Å². The number of rotatable bonds is 6.